The Labute approximate surface area is 205 Å². The van der Waals surface area contributed by atoms with E-state index in [9.17, 15) is 18.0 Å². The Bertz CT molecular complexity index is 1720. The molecule has 3 aromatic carbocycles. The van der Waals surface area contributed by atoms with Crippen LogP contribution in [0.1, 0.15) is 10.5 Å². The molecule has 36 heavy (non-hydrogen) atoms. The maximum atomic E-state index is 13.2. The lowest BCUT2D eigenvalue weighted by molar-refractivity contribution is 0.102. The van der Waals surface area contributed by atoms with E-state index < -0.39 is 15.9 Å². The van der Waals surface area contributed by atoms with E-state index >= 15 is 0 Å². The van der Waals surface area contributed by atoms with Crippen LogP contribution in [0.15, 0.2) is 107 Å². The van der Waals surface area contributed by atoms with Crippen molar-refractivity contribution >= 4 is 38.3 Å². The molecule has 2 aromatic heterocycles. The molecule has 0 fully saturated rings. The number of sulfonamides is 1. The fraction of sp³-hybridized carbons (Fsp3) is 0. The van der Waals surface area contributed by atoms with Crippen LogP contribution in [-0.4, -0.2) is 34.1 Å². The molecule has 0 spiro atoms. The summed E-state index contributed by atoms with van der Waals surface area (Å²) in [5, 5.41) is 7.81. The third-order valence-corrected chi connectivity index (χ3v) is 6.58. The Morgan fingerprint density at radius 3 is 2.11 bits per heavy atom. The highest BCUT2D eigenvalue weighted by Gasteiger charge is 2.19. The van der Waals surface area contributed by atoms with Gasteiger partial charge in [-0.15, -0.1) is 0 Å². The predicted molar refractivity (Wildman–Crippen MR) is 135 cm³/mol. The Hall–Kier alpha value is -4.90. The van der Waals surface area contributed by atoms with Crippen LogP contribution >= 0.6 is 0 Å². The lowest BCUT2D eigenvalue weighted by Gasteiger charge is -2.12. The second-order valence-corrected chi connectivity index (χ2v) is 9.29. The number of carbonyl (C=O) groups excluding carboxylic acids is 1. The normalized spacial score (nSPS) is 11.2. The number of fused-ring (bicyclic) bond motifs is 1. The molecule has 0 aliphatic heterocycles. The molecular formula is C25H18N6O4S. The predicted octanol–water partition coefficient (Wildman–Crippen LogP) is 3.23. The van der Waals surface area contributed by atoms with E-state index in [1.165, 1.54) is 41.3 Å². The summed E-state index contributed by atoms with van der Waals surface area (Å²) < 4.78 is 28.6. The summed E-state index contributed by atoms with van der Waals surface area (Å²) in [7, 11) is -3.92. The Morgan fingerprint density at radius 1 is 0.778 bits per heavy atom. The van der Waals surface area contributed by atoms with Gasteiger partial charge in [0.25, 0.3) is 21.5 Å². The minimum Gasteiger partial charge on any atom is -0.321 e. The zero-order valence-corrected chi connectivity index (χ0v) is 19.4. The molecule has 0 bridgehead atoms. The molecule has 2 heterocycles. The Kier molecular flexibility index (Phi) is 5.97. The van der Waals surface area contributed by atoms with Gasteiger partial charge in [0.15, 0.2) is 5.69 Å². The average Bonchev–Trinajstić information content (AvgIpc) is 2.90. The number of carbonyl (C=O) groups is 1. The van der Waals surface area contributed by atoms with Crippen LogP contribution in [-0.2, 0) is 10.0 Å². The van der Waals surface area contributed by atoms with Crippen molar-refractivity contribution in [3.05, 3.63) is 113 Å². The van der Waals surface area contributed by atoms with Crippen molar-refractivity contribution < 1.29 is 13.2 Å². The summed E-state index contributed by atoms with van der Waals surface area (Å²) in [5.41, 5.74) is 0.566. The van der Waals surface area contributed by atoms with Gasteiger partial charge in [0, 0.05) is 23.5 Å². The second-order valence-electron chi connectivity index (χ2n) is 7.60. The highest BCUT2D eigenvalue weighted by atomic mass is 32.2. The van der Waals surface area contributed by atoms with Gasteiger partial charge in [-0.05, 0) is 48.5 Å². The zero-order valence-electron chi connectivity index (χ0n) is 18.6. The molecule has 1 amide bonds. The van der Waals surface area contributed by atoms with Gasteiger partial charge in [0.05, 0.1) is 16.0 Å². The Balaban J connectivity index is 1.45. The second kappa shape index (κ2) is 9.39. The van der Waals surface area contributed by atoms with Crippen molar-refractivity contribution in [2.75, 3.05) is 10.0 Å². The first-order chi connectivity index (χ1) is 17.4. The molecule has 11 heteroatoms. The maximum Gasteiger partial charge on any atom is 0.279 e. The first-order valence-corrected chi connectivity index (χ1v) is 12.2. The lowest BCUT2D eigenvalue weighted by Crippen LogP contribution is -2.26. The van der Waals surface area contributed by atoms with Crippen molar-refractivity contribution in [1.82, 2.24) is 19.7 Å². The van der Waals surface area contributed by atoms with Gasteiger partial charge in [0.2, 0.25) is 5.95 Å². The number of anilines is 2. The fourth-order valence-corrected chi connectivity index (χ4v) is 4.50. The summed E-state index contributed by atoms with van der Waals surface area (Å²) in [6, 6.07) is 22.7. The first kappa shape index (κ1) is 22.9. The average molecular weight is 499 g/mol. The number of hydrogen-bond acceptors (Lipinski definition) is 7. The standard InChI is InChI=1S/C25H18N6O4S/c32-23(28-17-11-13-19(14-12-17)36(34,35)30-25-26-15-6-16-27-25)22-20-9-4-5-10-21(20)24(33)31(29-22)18-7-2-1-3-8-18/h1-16H,(H,28,32)(H,26,27,30). The van der Waals surface area contributed by atoms with Crippen LogP contribution in [0.3, 0.4) is 0 Å². The smallest absolute Gasteiger partial charge is 0.279 e. The van der Waals surface area contributed by atoms with Crippen molar-refractivity contribution in [2.24, 2.45) is 0 Å². The molecule has 0 saturated heterocycles. The van der Waals surface area contributed by atoms with Gasteiger partial charge in [-0.2, -0.15) is 9.78 Å². The quantitative estimate of drug-likeness (QED) is 0.367. The molecule has 2 N–H and O–H groups in total. The number of amides is 1. The first-order valence-electron chi connectivity index (χ1n) is 10.7. The third kappa shape index (κ3) is 4.55. The largest absolute Gasteiger partial charge is 0.321 e. The lowest BCUT2D eigenvalue weighted by atomic mass is 10.1. The molecule has 0 saturated carbocycles. The SMILES string of the molecule is O=C(Nc1ccc(S(=O)(=O)Nc2ncccn2)cc1)c1nn(-c2ccccc2)c(=O)c2ccccc12. The van der Waals surface area contributed by atoms with E-state index in [1.807, 2.05) is 6.07 Å². The van der Waals surface area contributed by atoms with Crippen LogP contribution in [0.4, 0.5) is 11.6 Å². The van der Waals surface area contributed by atoms with E-state index in [1.54, 1.807) is 54.6 Å². The maximum absolute atomic E-state index is 13.2. The van der Waals surface area contributed by atoms with E-state index in [0.29, 0.717) is 22.1 Å². The number of rotatable bonds is 6. The molecule has 5 rings (SSSR count). The van der Waals surface area contributed by atoms with Crippen molar-refractivity contribution in [1.29, 1.82) is 0 Å². The molecule has 0 aliphatic rings. The van der Waals surface area contributed by atoms with Gasteiger partial charge < -0.3 is 5.32 Å². The fourth-order valence-electron chi connectivity index (χ4n) is 3.54. The highest BCUT2D eigenvalue weighted by molar-refractivity contribution is 7.92. The van der Waals surface area contributed by atoms with Crippen molar-refractivity contribution in [3.63, 3.8) is 0 Å². The molecule has 0 aliphatic carbocycles. The van der Waals surface area contributed by atoms with E-state index in [2.05, 4.69) is 25.1 Å². The van der Waals surface area contributed by atoms with Crippen LogP contribution in [0.2, 0.25) is 0 Å². The zero-order chi connectivity index (χ0) is 25.1. The van der Waals surface area contributed by atoms with Crippen molar-refractivity contribution in [2.45, 2.75) is 4.90 Å². The summed E-state index contributed by atoms with van der Waals surface area (Å²) in [5.74, 6) is -0.608. The Morgan fingerprint density at radius 2 is 1.42 bits per heavy atom. The van der Waals surface area contributed by atoms with Gasteiger partial charge in [-0.3, -0.25) is 9.59 Å². The van der Waals surface area contributed by atoms with Crippen LogP contribution in [0.5, 0.6) is 0 Å². The number of nitrogens with one attached hydrogen (secondary N) is 2. The van der Waals surface area contributed by atoms with Gasteiger partial charge >= 0.3 is 0 Å². The summed E-state index contributed by atoms with van der Waals surface area (Å²) >= 11 is 0. The van der Waals surface area contributed by atoms with Crippen molar-refractivity contribution in [3.8, 4) is 5.69 Å². The molecule has 5 aromatic rings. The summed E-state index contributed by atoms with van der Waals surface area (Å²) in [4.78, 5) is 33.9. The molecule has 0 unspecified atom stereocenters. The highest BCUT2D eigenvalue weighted by Crippen LogP contribution is 2.19. The topological polar surface area (TPSA) is 136 Å². The monoisotopic (exact) mass is 498 g/mol. The number of aromatic nitrogens is 4. The molecule has 10 nitrogen and oxygen atoms in total. The minimum absolute atomic E-state index is 0.0332. The minimum atomic E-state index is -3.92. The van der Waals surface area contributed by atoms with Crippen LogP contribution in [0, 0.1) is 0 Å². The van der Waals surface area contributed by atoms with Crippen LogP contribution < -0.4 is 15.6 Å². The van der Waals surface area contributed by atoms with E-state index in [0.717, 1.165) is 0 Å². The van der Waals surface area contributed by atoms with Gasteiger partial charge in [0.1, 0.15) is 0 Å². The molecule has 178 valence electrons. The molecular weight excluding hydrogens is 480 g/mol. The summed E-state index contributed by atoms with van der Waals surface area (Å²) in [6.07, 6.45) is 2.84. The van der Waals surface area contributed by atoms with E-state index in [-0.39, 0.29) is 22.1 Å². The number of hydrogen-bond donors (Lipinski definition) is 2. The molecule has 0 radical (unpaired) electrons. The number of nitrogens with zero attached hydrogens (tertiary/aromatic N) is 4. The number of benzene rings is 3. The van der Waals surface area contributed by atoms with Gasteiger partial charge in [-0.25, -0.2) is 23.1 Å². The summed E-state index contributed by atoms with van der Waals surface area (Å²) in [6.45, 7) is 0. The van der Waals surface area contributed by atoms with Gasteiger partial charge in [-0.1, -0.05) is 36.4 Å². The molecule has 0 atom stereocenters. The number of para-hydroxylation sites is 1. The van der Waals surface area contributed by atoms with E-state index in [4.69, 9.17) is 0 Å². The van der Waals surface area contributed by atoms with Crippen LogP contribution in [0.25, 0.3) is 16.5 Å². The third-order valence-electron chi connectivity index (χ3n) is 5.23.